The first-order valence-corrected chi connectivity index (χ1v) is 6.22. The number of amides is 2. The van der Waals surface area contributed by atoms with Crippen LogP contribution in [0.15, 0.2) is 0 Å². The number of hydrogen-bond acceptors (Lipinski definition) is 3. The minimum Gasteiger partial charge on any atom is -0.368 e. The van der Waals surface area contributed by atoms with Crippen LogP contribution in [-0.2, 0) is 9.59 Å². The van der Waals surface area contributed by atoms with Gasteiger partial charge in [-0.25, -0.2) is 0 Å². The van der Waals surface area contributed by atoms with Crippen LogP contribution in [0, 0.1) is 5.92 Å². The number of piperidine rings is 1. The molecule has 4 N–H and O–H groups in total. The highest BCUT2D eigenvalue weighted by molar-refractivity contribution is 5.91. The van der Waals surface area contributed by atoms with Gasteiger partial charge in [0.2, 0.25) is 11.8 Å². The van der Waals surface area contributed by atoms with Crippen LogP contribution in [0.4, 0.5) is 0 Å². The van der Waals surface area contributed by atoms with Gasteiger partial charge in [-0.15, -0.1) is 0 Å². The molecular weight excluding hydrogens is 218 g/mol. The van der Waals surface area contributed by atoms with Gasteiger partial charge in [0, 0.05) is 0 Å². The highest BCUT2D eigenvalue weighted by atomic mass is 16.2. The first-order chi connectivity index (χ1) is 7.87. The summed E-state index contributed by atoms with van der Waals surface area (Å²) in [6.07, 6.45) is 2.91. The first-order valence-electron chi connectivity index (χ1n) is 6.22. The summed E-state index contributed by atoms with van der Waals surface area (Å²) in [5.41, 5.74) is 4.72. The van der Waals surface area contributed by atoms with Crippen molar-refractivity contribution >= 4 is 11.8 Å². The summed E-state index contributed by atoms with van der Waals surface area (Å²) in [7, 11) is 0. The zero-order valence-electron chi connectivity index (χ0n) is 10.9. The molecule has 0 aliphatic carbocycles. The number of nitrogens with two attached hydrogens (primary N) is 1. The molecule has 2 amide bonds. The maximum Gasteiger partial charge on any atom is 0.240 e. The summed E-state index contributed by atoms with van der Waals surface area (Å²) in [6, 6.07) is -0.594. The van der Waals surface area contributed by atoms with Gasteiger partial charge in [0.1, 0.15) is 6.04 Å². The molecule has 98 valence electrons. The van der Waals surface area contributed by atoms with Gasteiger partial charge < -0.3 is 16.4 Å². The summed E-state index contributed by atoms with van der Waals surface area (Å²) in [4.78, 5) is 23.4. The van der Waals surface area contributed by atoms with E-state index in [-0.39, 0.29) is 11.8 Å². The lowest BCUT2D eigenvalue weighted by Gasteiger charge is -2.35. The third-order valence-corrected chi connectivity index (χ3v) is 3.38. The highest BCUT2D eigenvalue weighted by Crippen LogP contribution is 2.19. The molecule has 1 saturated heterocycles. The fourth-order valence-electron chi connectivity index (χ4n) is 2.12. The van der Waals surface area contributed by atoms with Crippen molar-refractivity contribution in [3.8, 4) is 0 Å². The van der Waals surface area contributed by atoms with Crippen LogP contribution in [-0.4, -0.2) is 29.9 Å². The van der Waals surface area contributed by atoms with E-state index in [1.54, 1.807) is 0 Å². The molecular formula is C12H23N3O2. The molecule has 0 saturated carbocycles. The van der Waals surface area contributed by atoms with Gasteiger partial charge in [-0.1, -0.05) is 13.8 Å². The van der Waals surface area contributed by atoms with Crippen LogP contribution < -0.4 is 16.4 Å². The molecule has 0 radical (unpaired) electrons. The Morgan fingerprint density at radius 3 is 2.41 bits per heavy atom. The lowest BCUT2D eigenvalue weighted by Crippen LogP contribution is -2.61. The minimum atomic E-state index is -0.594. The molecule has 1 aliphatic heterocycles. The molecule has 0 spiro atoms. The second-order valence-electron chi connectivity index (χ2n) is 5.31. The fraction of sp³-hybridized carbons (Fsp3) is 0.833. The Balaban J connectivity index is 2.66. The Kier molecular flexibility index (Phi) is 4.51. The number of hydrogen-bond donors (Lipinski definition) is 3. The molecule has 17 heavy (non-hydrogen) atoms. The van der Waals surface area contributed by atoms with E-state index in [0.717, 1.165) is 25.8 Å². The third-order valence-electron chi connectivity index (χ3n) is 3.38. The number of carbonyl (C=O) groups excluding carboxylic acids is 2. The van der Waals surface area contributed by atoms with Gasteiger partial charge >= 0.3 is 0 Å². The van der Waals surface area contributed by atoms with Gasteiger partial charge in [-0.05, 0) is 38.6 Å². The molecule has 2 unspecified atom stereocenters. The van der Waals surface area contributed by atoms with E-state index in [1.165, 1.54) is 0 Å². The van der Waals surface area contributed by atoms with E-state index < -0.39 is 17.5 Å². The van der Waals surface area contributed by atoms with Crippen LogP contribution in [0.5, 0.6) is 0 Å². The molecule has 2 atom stereocenters. The molecule has 0 bridgehead atoms. The lowest BCUT2D eigenvalue weighted by molar-refractivity contribution is -0.132. The van der Waals surface area contributed by atoms with Crippen molar-refractivity contribution in [3.63, 3.8) is 0 Å². The Morgan fingerprint density at radius 1 is 1.35 bits per heavy atom. The van der Waals surface area contributed by atoms with Crippen molar-refractivity contribution in [2.45, 2.75) is 51.6 Å². The quantitative estimate of drug-likeness (QED) is 0.655. The maximum atomic E-state index is 12.2. The van der Waals surface area contributed by atoms with Gasteiger partial charge in [0.05, 0.1) is 5.54 Å². The highest BCUT2D eigenvalue weighted by Gasteiger charge is 2.36. The number of rotatable bonds is 4. The molecule has 1 heterocycles. The van der Waals surface area contributed by atoms with E-state index in [0.29, 0.717) is 0 Å². The van der Waals surface area contributed by atoms with Crippen molar-refractivity contribution < 1.29 is 9.59 Å². The predicted molar refractivity (Wildman–Crippen MR) is 66.2 cm³/mol. The Hall–Kier alpha value is -1.10. The number of carbonyl (C=O) groups is 2. The average Bonchev–Trinajstić information content (AvgIpc) is 2.25. The van der Waals surface area contributed by atoms with Gasteiger partial charge in [-0.2, -0.15) is 0 Å². The Morgan fingerprint density at radius 2 is 2.00 bits per heavy atom. The van der Waals surface area contributed by atoms with Crippen LogP contribution in [0.25, 0.3) is 0 Å². The summed E-state index contributed by atoms with van der Waals surface area (Å²) >= 11 is 0. The van der Waals surface area contributed by atoms with Crippen molar-refractivity contribution in [1.82, 2.24) is 10.6 Å². The van der Waals surface area contributed by atoms with Gasteiger partial charge in [0.15, 0.2) is 0 Å². The van der Waals surface area contributed by atoms with E-state index in [2.05, 4.69) is 10.6 Å². The van der Waals surface area contributed by atoms with E-state index in [4.69, 9.17) is 5.73 Å². The van der Waals surface area contributed by atoms with Crippen molar-refractivity contribution in [1.29, 1.82) is 0 Å². The molecule has 1 fully saturated rings. The molecule has 5 nitrogen and oxygen atoms in total. The number of nitrogens with one attached hydrogen (secondary N) is 2. The van der Waals surface area contributed by atoms with Gasteiger partial charge in [-0.3, -0.25) is 9.59 Å². The first kappa shape index (κ1) is 14.0. The van der Waals surface area contributed by atoms with Crippen LogP contribution in [0.2, 0.25) is 0 Å². The van der Waals surface area contributed by atoms with E-state index in [1.807, 2.05) is 20.8 Å². The Labute approximate surface area is 103 Å². The zero-order valence-corrected chi connectivity index (χ0v) is 10.9. The minimum absolute atomic E-state index is 0.00337. The second kappa shape index (κ2) is 5.49. The average molecular weight is 241 g/mol. The molecule has 1 rings (SSSR count). The summed E-state index contributed by atoms with van der Waals surface area (Å²) < 4.78 is 0. The summed E-state index contributed by atoms with van der Waals surface area (Å²) in [5, 5.41) is 5.96. The zero-order chi connectivity index (χ0) is 13.1. The molecule has 5 heteroatoms. The SMILES string of the molecule is CC(C)C(NC(=O)C1(C)CCCCN1)C(N)=O. The molecule has 1 aliphatic rings. The molecule has 0 aromatic carbocycles. The van der Waals surface area contributed by atoms with Gasteiger partial charge in [0.25, 0.3) is 0 Å². The largest absolute Gasteiger partial charge is 0.368 e. The third kappa shape index (κ3) is 3.43. The fourth-order valence-corrected chi connectivity index (χ4v) is 2.12. The standard InChI is InChI=1S/C12H23N3O2/c1-8(2)9(10(13)16)15-11(17)12(3)6-4-5-7-14-12/h8-9,14H,4-7H2,1-3H3,(H2,13,16)(H,15,17). The Bertz CT molecular complexity index is 296. The summed E-state index contributed by atoms with van der Waals surface area (Å²) in [5.74, 6) is -0.605. The summed E-state index contributed by atoms with van der Waals surface area (Å²) in [6.45, 7) is 6.45. The van der Waals surface area contributed by atoms with Crippen LogP contribution >= 0.6 is 0 Å². The van der Waals surface area contributed by atoms with Crippen molar-refractivity contribution in [2.24, 2.45) is 11.7 Å². The van der Waals surface area contributed by atoms with Crippen LogP contribution in [0.3, 0.4) is 0 Å². The maximum absolute atomic E-state index is 12.2. The van der Waals surface area contributed by atoms with E-state index in [9.17, 15) is 9.59 Å². The predicted octanol–water partition coefficient (Wildman–Crippen LogP) is 0.145. The topological polar surface area (TPSA) is 84.2 Å². The number of primary amides is 1. The van der Waals surface area contributed by atoms with Crippen molar-refractivity contribution in [2.75, 3.05) is 6.54 Å². The smallest absolute Gasteiger partial charge is 0.240 e. The lowest BCUT2D eigenvalue weighted by atomic mass is 9.89. The molecule has 0 aromatic rings. The molecule has 0 aromatic heterocycles. The van der Waals surface area contributed by atoms with Crippen LogP contribution in [0.1, 0.15) is 40.0 Å². The van der Waals surface area contributed by atoms with Crippen molar-refractivity contribution in [3.05, 3.63) is 0 Å². The monoisotopic (exact) mass is 241 g/mol. The second-order valence-corrected chi connectivity index (χ2v) is 5.31. The normalized spacial score (nSPS) is 26.6. The van der Waals surface area contributed by atoms with E-state index >= 15 is 0 Å².